The van der Waals surface area contributed by atoms with Crippen LogP contribution in [0.5, 0.6) is 0 Å². The highest BCUT2D eigenvalue weighted by Gasteiger charge is 2.33. The summed E-state index contributed by atoms with van der Waals surface area (Å²) >= 11 is 1.22. The van der Waals surface area contributed by atoms with Gasteiger partial charge in [-0.1, -0.05) is 51.1 Å². The summed E-state index contributed by atoms with van der Waals surface area (Å²) in [5.74, 6) is 1.58. The molecule has 0 spiro atoms. The van der Waals surface area contributed by atoms with Crippen LogP contribution >= 0.6 is 11.8 Å². The van der Waals surface area contributed by atoms with Gasteiger partial charge in [0.05, 0.1) is 17.2 Å². The van der Waals surface area contributed by atoms with E-state index in [1.54, 1.807) is 22.8 Å². The number of benzene rings is 1. The van der Waals surface area contributed by atoms with Crippen molar-refractivity contribution in [1.29, 1.82) is 0 Å². The number of carbonyl (C=O) groups excluding carboxylic acids is 1. The fourth-order valence-electron chi connectivity index (χ4n) is 4.75. The molecule has 10 nitrogen and oxygen atoms in total. The van der Waals surface area contributed by atoms with E-state index in [-0.39, 0.29) is 29.3 Å². The zero-order valence-corrected chi connectivity index (χ0v) is 24.9. The predicted molar refractivity (Wildman–Crippen MR) is 146 cm³/mol. The molecule has 0 saturated heterocycles. The van der Waals surface area contributed by atoms with E-state index in [0.29, 0.717) is 34.3 Å². The lowest BCUT2D eigenvalue weighted by Gasteiger charge is -2.36. The molecule has 0 bridgehead atoms. The van der Waals surface area contributed by atoms with Gasteiger partial charge in [-0.15, -0.1) is 10.2 Å². The minimum atomic E-state index is -3.64. The minimum Gasteiger partial charge on any atom is -0.461 e. The highest BCUT2D eigenvalue weighted by Crippen LogP contribution is 2.36. The molecule has 1 aliphatic carbocycles. The monoisotopic (exact) mass is 568 g/mol. The molecule has 0 radical (unpaired) electrons. The molecule has 1 aliphatic rings. The Kier molecular flexibility index (Phi) is 10.8. The van der Waals surface area contributed by atoms with Crippen molar-refractivity contribution in [3.63, 3.8) is 0 Å². The van der Waals surface area contributed by atoms with E-state index in [1.807, 2.05) is 0 Å². The Morgan fingerprint density at radius 2 is 1.89 bits per heavy atom. The Morgan fingerprint density at radius 1 is 1.18 bits per heavy atom. The van der Waals surface area contributed by atoms with Gasteiger partial charge in [-0.05, 0) is 42.7 Å². The third-order valence-corrected chi connectivity index (χ3v) is 9.76. The lowest BCUT2D eigenvalue weighted by molar-refractivity contribution is -0.152. The molecule has 2 aromatic rings. The second kappa shape index (κ2) is 13.4. The summed E-state index contributed by atoms with van der Waals surface area (Å²) in [5.41, 5.74) is 0.566. The van der Waals surface area contributed by atoms with E-state index in [9.17, 15) is 13.2 Å². The normalized spacial score (nSPS) is 20.4. The van der Waals surface area contributed by atoms with Crippen molar-refractivity contribution in [2.24, 2.45) is 17.8 Å². The maximum absolute atomic E-state index is 12.9. The molecular formula is C26H40N4O6S2. The molecule has 0 aliphatic heterocycles. The van der Waals surface area contributed by atoms with Crippen LogP contribution in [-0.2, 0) is 35.6 Å². The fraction of sp³-hybridized carbons (Fsp3) is 0.654. The lowest BCUT2D eigenvalue weighted by atomic mass is 9.75. The summed E-state index contributed by atoms with van der Waals surface area (Å²) in [5, 5.41) is 9.13. The van der Waals surface area contributed by atoms with Crippen LogP contribution in [0.25, 0.3) is 11.4 Å². The molecular weight excluding hydrogens is 528 g/mol. The molecule has 38 heavy (non-hydrogen) atoms. The second-order valence-electron chi connectivity index (χ2n) is 10.3. The van der Waals surface area contributed by atoms with Gasteiger partial charge in [-0.2, -0.15) is 0 Å². The SMILES string of the molecule is COC(Cn1c(SCC(=O)O[C@@H]2C[C@H](C)CC[C@@H]2C(C)C)nnc1-c1cccc(S(=O)(=O)N(C)C)c1)OC. The number of nitrogens with zero attached hydrogens (tertiary/aromatic N) is 4. The molecule has 0 unspecified atom stereocenters. The number of thioether (sulfide) groups is 1. The van der Waals surface area contributed by atoms with Gasteiger partial charge in [0.25, 0.3) is 0 Å². The highest BCUT2D eigenvalue weighted by atomic mass is 32.2. The molecule has 1 saturated carbocycles. The van der Waals surface area contributed by atoms with Crippen molar-refractivity contribution in [2.45, 2.75) is 69.0 Å². The van der Waals surface area contributed by atoms with Crippen LogP contribution in [-0.4, -0.2) is 79.9 Å². The number of sulfonamides is 1. The Hall–Kier alpha value is -1.99. The van der Waals surface area contributed by atoms with Gasteiger partial charge < -0.3 is 14.2 Å². The topological polar surface area (TPSA) is 113 Å². The molecule has 0 amide bonds. The van der Waals surface area contributed by atoms with Crippen LogP contribution in [0.4, 0.5) is 0 Å². The maximum Gasteiger partial charge on any atom is 0.316 e. The zero-order chi connectivity index (χ0) is 28.0. The first-order chi connectivity index (χ1) is 18.0. The fourth-order valence-corrected chi connectivity index (χ4v) is 6.43. The smallest absolute Gasteiger partial charge is 0.316 e. The first-order valence-electron chi connectivity index (χ1n) is 12.8. The minimum absolute atomic E-state index is 0.0759. The van der Waals surface area contributed by atoms with Crippen molar-refractivity contribution in [1.82, 2.24) is 19.1 Å². The highest BCUT2D eigenvalue weighted by molar-refractivity contribution is 7.99. The predicted octanol–water partition coefficient (Wildman–Crippen LogP) is 3.91. The third kappa shape index (κ3) is 7.35. The van der Waals surface area contributed by atoms with Crippen molar-refractivity contribution in [3.8, 4) is 11.4 Å². The number of esters is 1. The average Bonchev–Trinajstić information content (AvgIpc) is 3.28. The molecule has 12 heteroatoms. The van der Waals surface area contributed by atoms with E-state index in [4.69, 9.17) is 14.2 Å². The molecule has 0 N–H and O–H groups in total. The van der Waals surface area contributed by atoms with Gasteiger partial charge in [0.1, 0.15) is 6.10 Å². The van der Waals surface area contributed by atoms with E-state index in [1.165, 1.54) is 46.1 Å². The van der Waals surface area contributed by atoms with Crippen molar-refractivity contribution in [2.75, 3.05) is 34.1 Å². The summed E-state index contributed by atoms with van der Waals surface area (Å²) in [4.78, 5) is 13.0. The lowest BCUT2D eigenvalue weighted by Crippen LogP contribution is -2.36. The van der Waals surface area contributed by atoms with Crippen LogP contribution in [0.1, 0.15) is 40.0 Å². The van der Waals surface area contributed by atoms with E-state index in [0.717, 1.165) is 23.6 Å². The summed E-state index contributed by atoms with van der Waals surface area (Å²) in [6, 6.07) is 6.52. The molecule has 3 rings (SSSR count). The van der Waals surface area contributed by atoms with Crippen molar-refractivity contribution in [3.05, 3.63) is 24.3 Å². The molecule has 3 atom stereocenters. The molecule has 212 valence electrons. The number of ether oxygens (including phenoxy) is 3. The number of methoxy groups -OCH3 is 2. The number of hydrogen-bond donors (Lipinski definition) is 0. The maximum atomic E-state index is 12.9. The Bertz CT molecular complexity index is 1180. The van der Waals surface area contributed by atoms with Crippen LogP contribution in [0, 0.1) is 17.8 Å². The van der Waals surface area contributed by atoms with Gasteiger partial charge >= 0.3 is 5.97 Å². The van der Waals surface area contributed by atoms with Gasteiger partial charge in [-0.25, -0.2) is 12.7 Å². The second-order valence-corrected chi connectivity index (χ2v) is 13.4. The number of aromatic nitrogens is 3. The third-order valence-electron chi connectivity index (χ3n) is 7.01. The molecule has 1 aromatic heterocycles. The van der Waals surface area contributed by atoms with Crippen molar-refractivity contribution < 1.29 is 27.4 Å². The van der Waals surface area contributed by atoms with Crippen LogP contribution < -0.4 is 0 Å². The van der Waals surface area contributed by atoms with E-state index in [2.05, 4.69) is 31.0 Å². The van der Waals surface area contributed by atoms with E-state index < -0.39 is 16.3 Å². The Labute approximate surface area is 230 Å². The van der Waals surface area contributed by atoms with Gasteiger partial charge in [-0.3, -0.25) is 9.36 Å². The number of rotatable bonds is 12. The standard InChI is InChI=1S/C26H40N4O6S2/c1-17(2)21-12-11-18(3)13-22(21)36-23(31)16-37-26-28-27-25(30(26)15-24(34-6)35-7)19-9-8-10-20(14-19)38(32,33)29(4)5/h8-10,14,17-18,21-22,24H,11-13,15-16H2,1-7H3/t18-,21-,22-/m1/s1. The van der Waals surface area contributed by atoms with E-state index >= 15 is 0 Å². The zero-order valence-electron chi connectivity index (χ0n) is 23.3. The first kappa shape index (κ1) is 30.6. The largest absolute Gasteiger partial charge is 0.461 e. The quantitative estimate of drug-likeness (QED) is 0.214. The number of carbonyl (C=O) groups is 1. The van der Waals surface area contributed by atoms with Crippen LogP contribution in [0.15, 0.2) is 34.3 Å². The summed E-state index contributed by atoms with van der Waals surface area (Å²) in [7, 11) is 2.39. The average molecular weight is 569 g/mol. The molecule has 1 heterocycles. The Morgan fingerprint density at radius 3 is 2.53 bits per heavy atom. The first-order valence-corrected chi connectivity index (χ1v) is 15.2. The van der Waals surface area contributed by atoms with Gasteiger partial charge in [0, 0.05) is 33.9 Å². The summed E-state index contributed by atoms with van der Waals surface area (Å²) in [6.07, 6.45) is 2.44. The summed E-state index contributed by atoms with van der Waals surface area (Å²) in [6.45, 7) is 6.81. The van der Waals surface area contributed by atoms with Crippen LogP contribution in [0.3, 0.4) is 0 Å². The van der Waals surface area contributed by atoms with Crippen LogP contribution in [0.2, 0.25) is 0 Å². The summed E-state index contributed by atoms with van der Waals surface area (Å²) < 4.78 is 45.1. The Balaban J connectivity index is 1.84. The molecule has 1 fully saturated rings. The molecule has 1 aromatic carbocycles. The van der Waals surface area contributed by atoms with Gasteiger partial charge in [0.15, 0.2) is 17.3 Å². The van der Waals surface area contributed by atoms with Crippen molar-refractivity contribution >= 4 is 27.8 Å². The number of hydrogen-bond acceptors (Lipinski definition) is 9. The van der Waals surface area contributed by atoms with Gasteiger partial charge in [0.2, 0.25) is 10.0 Å².